The number of halogens is 1. The van der Waals surface area contributed by atoms with Crippen molar-refractivity contribution in [1.29, 1.82) is 0 Å². The lowest BCUT2D eigenvalue weighted by molar-refractivity contribution is 0.0472. The third-order valence-electron chi connectivity index (χ3n) is 4.81. The molecule has 114 valence electrons. The minimum Gasteiger partial charge on any atom is -0.391 e. The van der Waals surface area contributed by atoms with Crippen LogP contribution in [0.25, 0.3) is 0 Å². The van der Waals surface area contributed by atoms with Gasteiger partial charge >= 0.3 is 0 Å². The van der Waals surface area contributed by atoms with Gasteiger partial charge in [0.25, 0.3) is 0 Å². The van der Waals surface area contributed by atoms with Crippen molar-refractivity contribution in [3.8, 4) is 0 Å². The fraction of sp³-hybridized carbons (Fsp3) is 0.647. The monoisotopic (exact) mass is 297 g/mol. The Kier molecular flexibility index (Phi) is 7.01. The van der Waals surface area contributed by atoms with E-state index in [1.807, 2.05) is 0 Å². The lowest BCUT2D eigenvalue weighted by atomic mass is 9.74. The van der Waals surface area contributed by atoms with Crippen molar-refractivity contribution in [2.24, 2.45) is 0 Å². The average molecular weight is 298 g/mol. The Morgan fingerprint density at radius 1 is 1.10 bits per heavy atom. The summed E-state index contributed by atoms with van der Waals surface area (Å²) >= 11 is 0. The molecule has 2 nitrogen and oxygen atoms in total. The van der Waals surface area contributed by atoms with E-state index in [0.717, 1.165) is 32.5 Å². The molecule has 0 radical (unpaired) electrons. The van der Waals surface area contributed by atoms with Crippen molar-refractivity contribution >= 4 is 12.4 Å². The molecule has 3 heteroatoms. The normalized spacial score (nSPS) is 18.8. The summed E-state index contributed by atoms with van der Waals surface area (Å²) in [6.07, 6.45) is 4.48. The molecule has 1 saturated carbocycles. The van der Waals surface area contributed by atoms with Gasteiger partial charge in [0.2, 0.25) is 0 Å². The Bertz CT molecular complexity index is 372. The zero-order valence-electron chi connectivity index (χ0n) is 12.7. The van der Waals surface area contributed by atoms with Crippen molar-refractivity contribution in [3.05, 3.63) is 35.9 Å². The molecular formula is C17H28ClNO. The Morgan fingerprint density at radius 2 is 1.65 bits per heavy atom. The first-order chi connectivity index (χ1) is 9.23. The molecule has 0 amide bonds. The van der Waals surface area contributed by atoms with Crippen LogP contribution in [0.1, 0.15) is 45.1 Å². The maximum Gasteiger partial charge on any atom is 0.0763 e. The molecule has 1 unspecified atom stereocenters. The maximum absolute atomic E-state index is 10.8. The zero-order chi connectivity index (χ0) is 13.7. The fourth-order valence-corrected chi connectivity index (χ4v) is 3.49. The van der Waals surface area contributed by atoms with Crippen molar-refractivity contribution in [2.75, 3.05) is 19.6 Å². The molecule has 0 aromatic heterocycles. The molecule has 1 aliphatic carbocycles. The first kappa shape index (κ1) is 17.5. The lowest BCUT2D eigenvalue weighted by Gasteiger charge is -2.37. The molecule has 0 bridgehead atoms. The number of benzene rings is 1. The number of aliphatic hydroxyl groups is 1. The van der Waals surface area contributed by atoms with Crippen LogP contribution >= 0.6 is 12.4 Å². The SMILES string of the molecule is CCN(CC)CC(O)C1(c2ccccc2)CCCC1.Cl. The second-order valence-corrected chi connectivity index (χ2v) is 5.73. The van der Waals surface area contributed by atoms with Crippen molar-refractivity contribution in [1.82, 2.24) is 4.90 Å². The van der Waals surface area contributed by atoms with Crippen LogP contribution in [0.2, 0.25) is 0 Å². The van der Waals surface area contributed by atoms with Crippen molar-refractivity contribution in [3.63, 3.8) is 0 Å². The zero-order valence-corrected chi connectivity index (χ0v) is 13.5. The predicted octanol–water partition coefficient (Wildman–Crippen LogP) is 3.62. The molecule has 1 fully saturated rings. The van der Waals surface area contributed by atoms with E-state index in [1.54, 1.807) is 0 Å². The summed E-state index contributed by atoms with van der Waals surface area (Å²) in [5, 5.41) is 10.8. The summed E-state index contributed by atoms with van der Waals surface area (Å²) in [4.78, 5) is 2.33. The van der Waals surface area contributed by atoms with Crippen LogP contribution in [0.4, 0.5) is 0 Å². The van der Waals surface area contributed by atoms with E-state index in [1.165, 1.54) is 18.4 Å². The summed E-state index contributed by atoms with van der Waals surface area (Å²) in [6.45, 7) is 7.15. The van der Waals surface area contributed by atoms with Crippen LogP contribution in [0.15, 0.2) is 30.3 Å². The Labute approximate surface area is 129 Å². The van der Waals surface area contributed by atoms with E-state index in [4.69, 9.17) is 0 Å². The van der Waals surface area contributed by atoms with Gasteiger partial charge in [0.15, 0.2) is 0 Å². The van der Waals surface area contributed by atoms with E-state index in [9.17, 15) is 5.11 Å². The molecular weight excluding hydrogens is 270 g/mol. The Morgan fingerprint density at radius 3 is 2.15 bits per heavy atom. The molecule has 1 aromatic rings. The van der Waals surface area contributed by atoms with Gasteiger partial charge in [0.1, 0.15) is 0 Å². The highest BCUT2D eigenvalue weighted by Gasteiger charge is 2.42. The van der Waals surface area contributed by atoms with Crippen LogP contribution in [-0.4, -0.2) is 35.7 Å². The Balaban J connectivity index is 0.00000200. The highest BCUT2D eigenvalue weighted by Crippen LogP contribution is 2.44. The molecule has 0 heterocycles. The number of rotatable bonds is 6. The van der Waals surface area contributed by atoms with Crippen molar-refractivity contribution < 1.29 is 5.11 Å². The molecule has 20 heavy (non-hydrogen) atoms. The highest BCUT2D eigenvalue weighted by molar-refractivity contribution is 5.85. The molecule has 1 aromatic carbocycles. The number of hydrogen-bond donors (Lipinski definition) is 1. The molecule has 1 N–H and O–H groups in total. The Hall–Kier alpha value is -0.570. The second kappa shape index (κ2) is 8.02. The fourth-order valence-electron chi connectivity index (χ4n) is 3.49. The van der Waals surface area contributed by atoms with Gasteiger partial charge in [-0.3, -0.25) is 0 Å². The predicted molar refractivity (Wildman–Crippen MR) is 87.6 cm³/mol. The molecule has 1 atom stereocenters. The van der Waals surface area contributed by atoms with Crippen LogP contribution in [0.3, 0.4) is 0 Å². The van der Waals surface area contributed by atoms with E-state index < -0.39 is 0 Å². The minimum atomic E-state index is -0.253. The summed E-state index contributed by atoms with van der Waals surface area (Å²) in [6, 6.07) is 10.6. The van der Waals surface area contributed by atoms with Crippen LogP contribution in [0.5, 0.6) is 0 Å². The van der Waals surface area contributed by atoms with Gasteiger partial charge in [0, 0.05) is 12.0 Å². The van der Waals surface area contributed by atoms with E-state index in [-0.39, 0.29) is 23.9 Å². The van der Waals surface area contributed by atoms with Gasteiger partial charge < -0.3 is 10.0 Å². The second-order valence-electron chi connectivity index (χ2n) is 5.73. The van der Waals surface area contributed by atoms with E-state index in [2.05, 4.69) is 49.1 Å². The molecule has 0 saturated heterocycles. The van der Waals surface area contributed by atoms with Gasteiger partial charge in [-0.2, -0.15) is 0 Å². The lowest BCUT2D eigenvalue weighted by Crippen LogP contribution is -2.45. The minimum absolute atomic E-state index is 0. The van der Waals surface area contributed by atoms with Gasteiger partial charge in [0.05, 0.1) is 6.10 Å². The topological polar surface area (TPSA) is 23.5 Å². The largest absolute Gasteiger partial charge is 0.391 e. The van der Waals surface area contributed by atoms with Crippen molar-refractivity contribution in [2.45, 2.75) is 51.0 Å². The first-order valence-electron chi connectivity index (χ1n) is 7.69. The summed E-state index contributed by atoms with van der Waals surface area (Å²) in [7, 11) is 0. The highest BCUT2D eigenvalue weighted by atomic mass is 35.5. The molecule has 1 aliphatic rings. The number of likely N-dealkylation sites (N-methyl/N-ethyl adjacent to an activating group) is 1. The summed E-state index contributed by atoms with van der Waals surface area (Å²) in [5.41, 5.74) is 1.32. The molecule has 0 spiro atoms. The number of hydrogen-bond acceptors (Lipinski definition) is 2. The van der Waals surface area contributed by atoms with Crippen LogP contribution < -0.4 is 0 Å². The third kappa shape index (κ3) is 3.55. The number of nitrogens with zero attached hydrogens (tertiary/aromatic N) is 1. The molecule has 0 aliphatic heterocycles. The van der Waals surface area contributed by atoms with Gasteiger partial charge in [-0.25, -0.2) is 0 Å². The maximum atomic E-state index is 10.8. The summed E-state index contributed by atoms with van der Waals surface area (Å²) in [5.74, 6) is 0. The third-order valence-corrected chi connectivity index (χ3v) is 4.81. The van der Waals surface area contributed by atoms with Gasteiger partial charge in [-0.15, -0.1) is 12.4 Å². The van der Waals surface area contributed by atoms with Gasteiger partial charge in [-0.1, -0.05) is 57.0 Å². The van der Waals surface area contributed by atoms with E-state index in [0.29, 0.717) is 0 Å². The van der Waals surface area contributed by atoms with Crippen LogP contribution in [-0.2, 0) is 5.41 Å². The van der Waals surface area contributed by atoms with E-state index >= 15 is 0 Å². The van der Waals surface area contributed by atoms with Crippen LogP contribution in [0, 0.1) is 0 Å². The summed E-state index contributed by atoms with van der Waals surface area (Å²) < 4.78 is 0. The number of aliphatic hydroxyl groups excluding tert-OH is 1. The smallest absolute Gasteiger partial charge is 0.0763 e. The average Bonchev–Trinajstić information content (AvgIpc) is 2.96. The quantitative estimate of drug-likeness (QED) is 0.867. The first-order valence-corrected chi connectivity index (χ1v) is 7.69. The molecule has 2 rings (SSSR count). The van der Waals surface area contributed by atoms with Gasteiger partial charge in [-0.05, 0) is 31.5 Å². The standard InChI is InChI=1S/C17H27NO.ClH/c1-3-18(4-2)14-16(19)17(12-8-9-13-17)15-10-6-5-7-11-15;/h5-7,10-11,16,19H,3-4,8-9,12-14H2,1-2H3;1H.